The molecule has 0 unspecified atom stereocenters. The second-order valence-electron chi connectivity index (χ2n) is 1.49. The standard InChI is InChI=1S/C3H5F2N/c4-6(5)3-1-2-3/h3H,1-2H2/q+1. The number of hydrogen-bond acceptors (Lipinski definition) is 1. The number of rotatable bonds is 1. The van der Waals surface area contributed by atoms with E-state index in [1.165, 1.54) is 0 Å². The summed E-state index contributed by atoms with van der Waals surface area (Å²) >= 11 is 0. The van der Waals surface area contributed by atoms with Crippen molar-refractivity contribution >= 4 is 0 Å². The molecule has 1 rings (SSSR count). The van der Waals surface area contributed by atoms with Crippen molar-refractivity contribution in [1.29, 1.82) is 0 Å². The molecule has 1 nitrogen and oxygen atoms in total. The zero-order valence-corrected chi connectivity index (χ0v) is 3.19. The Bertz CT molecular complexity index is 50.8. The fraction of sp³-hybridized carbons (Fsp3) is 1.00. The van der Waals surface area contributed by atoms with Crippen LogP contribution < -0.4 is 5.34 Å². The molecule has 0 aromatic heterocycles. The first-order valence-electron chi connectivity index (χ1n) is 1.91. The van der Waals surface area contributed by atoms with Gasteiger partial charge in [0.25, 0.3) is 5.34 Å². The van der Waals surface area contributed by atoms with Gasteiger partial charge in [-0.25, -0.2) is 0 Å². The molecule has 0 heterocycles. The van der Waals surface area contributed by atoms with Gasteiger partial charge in [-0.15, -0.1) is 0 Å². The second-order valence-corrected chi connectivity index (χ2v) is 1.49. The zero-order chi connectivity index (χ0) is 4.57. The lowest BCUT2D eigenvalue weighted by molar-refractivity contribution is -0.0468. The summed E-state index contributed by atoms with van der Waals surface area (Å²) in [5.41, 5.74) is 0. The number of nitrogens with zero attached hydrogens (tertiary/aromatic N) is 1. The lowest BCUT2D eigenvalue weighted by atomic mass is 10.8. The molecule has 0 atom stereocenters. The fourth-order valence-electron chi connectivity index (χ4n) is 0.270. The van der Waals surface area contributed by atoms with Crippen LogP contribution in [0.1, 0.15) is 12.8 Å². The average molecular weight is 93.1 g/mol. The second kappa shape index (κ2) is 1.15. The smallest absolute Gasteiger partial charge is 0.0190 e. The molecule has 0 aromatic carbocycles. The summed E-state index contributed by atoms with van der Waals surface area (Å²) in [6.07, 6.45) is 1.35. The van der Waals surface area contributed by atoms with E-state index in [9.17, 15) is 8.96 Å². The normalized spacial score (nSPS) is 22.5. The van der Waals surface area contributed by atoms with Gasteiger partial charge in [-0.05, 0) is 0 Å². The summed E-state index contributed by atoms with van der Waals surface area (Å²) in [7, 11) is 0. The molecule has 1 saturated carbocycles. The SMILES string of the molecule is F[N+](F)C1CC1. The van der Waals surface area contributed by atoms with Crippen molar-refractivity contribution in [2.24, 2.45) is 0 Å². The molecule has 1 aliphatic rings. The first kappa shape index (κ1) is 3.99. The summed E-state index contributed by atoms with van der Waals surface area (Å²) < 4.78 is 22.1. The lowest BCUT2D eigenvalue weighted by Gasteiger charge is -1.69. The first-order chi connectivity index (χ1) is 2.80. The monoisotopic (exact) mass is 93.0 g/mol. The van der Waals surface area contributed by atoms with Gasteiger partial charge in [0.15, 0.2) is 0 Å². The van der Waals surface area contributed by atoms with E-state index >= 15 is 0 Å². The van der Waals surface area contributed by atoms with E-state index in [2.05, 4.69) is 0 Å². The molecule has 1 radical (unpaired) electrons. The maximum Gasteiger partial charge on any atom is 0.271 e. The zero-order valence-electron chi connectivity index (χ0n) is 3.19. The number of halogens is 2. The first-order valence-corrected chi connectivity index (χ1v) is 1.91. The minimum Gasteiger partial charge on any atom is 0.0190 e. The van der Waals surface area contributed by atoms with Crippen molar-refractivity contribution in [2.75, 3.05) is 0 Å². The molecule has 35 valence electrons. The molecule has 0 spiro atoms. The van der Waals surface area contributed by atoms with Crippen molar-refractivity contribution in [3.63, 3.8) is 0 Å². The average Bonchev–Trinajstić information content (AvgIpc) is 2.06. The van der Waals surface area contributed by atoms with E-state index in [0.29, 0.717) is 12.8 Å². The summed E-state index contributed by atoms with van der Waals surface area (Å²) in [5.74, 6) is 0. The van der Waals surface area contributed by atoms with Gasteiger partial charge in [0.05, 0.1) is 0 Å². The third-order valence-electron chi connectivity index (χ3n) is 0.823. The third-order valence-corrected chi connectivity index (χ3v) is 0.823. The van der Waals surface area contributed by atoms with E-state index in [-0.39, 0.29) is 0 Å². The largest absolute Gasteiger partial charge is 0.271 e. The predicted octanol–water partition coefficient (Wildman–Crippen LogP) is 1.06. The third kappa shape index (κ3) is 0.653. The predicted molar refractivity (Wildman–Crippen MR) is 17.4 cm³/mol. The van der Waals surface area contributed by atoms with Gasteiger partial charge in [-0.3, -0.25) is 0 Å². The van der Waals surface area contributed by atoms with Gasteiger partial charge in [0, 0.05) is 12.8 Å². The van der Waals surface area contributed by atoms with E-state index in [1.807, 2.05) is 0 Å². The summed E-state index contributed by atoms with van der Waals surface area (Å²) in [6, 6.07) is -0.398. The molecule has 6 heavy (non-hydrogen) atoms. The summed E-state index contributed by atoms with van der Waals surface area (Å²) in [4.78, 5) is 0. The van der Waals surface area contributed by atoms with Crippen LogP contribution >= 0.6 is 0 Å². The van der Waals surface area contributed by atoms with Crippen molar-refractivity contribution < 1.29 is 8.96 Å². The van der Waals surface area contributed by atoms with Crippen LogP contribution in [0.3, 0.4) is 0 Å². The maximum absolute atomic E-state index is 11.1. The van der Waals surface area contributed by atoms with Crippen molar-refractivity contribution in [3.05, 3.63) is 0 Å². The molecule has 0 bridgehead atoms. The van der Waals surface area contributed by atoms with Crippen LogP contribution in [-0.4, -0.2) is 6.04 Å². The Balaban J connectivity index is 2.13. The molecule has 0 N–H and O–H groups in total. The van der Waals surface area contributed by atoms with E-state index < -0.39 is 11.4 Å². The molecular weight excluding hydrogens is 88.0 g/mol. The molecule has 1 fully saturated rings. The topological polar surface area (TPSA) is 5.90 Å². The molecule has 0 aromatic rings. The highest BCUT2D eigenvalue weighted by atomic mass is 19.4. The Morgan fingerprint density at radius 2 is 1.83 bits per heavy atom. The fourth-order valence-corrected chi connectivity index (χ4v) is 0.270. The molecule has 0 amide bonds. The van der Waals surface area contributed by atoms with Crippen LogP contribution in [0.25, 0.3) is 0 Å². The minimum absolute atomic E-state index is 0.398. The van der Waals surface area contributed by atoms with Crippen LogP contribution in [0.2, 0.25) is 0 Å². The molecule has 0 aliphatic heterocycles. The summed E-state index contributed by atoms with van der Waals surface area (Å²) in [6.45, 7) is 0. The van der Waals surface area contributed by atoms with Crippen LogP contribution in [0.15, 0.2) is 0 Å². The Morgan fingerprint density at radius 1 is 1.33 bits per heavy atom. The van der Waals surface area contributed by atoms with Crippen LogP contribution in [0.4, 0.5) is 8.96 Å². The molecular formula is C3H5F2N+. The van der Waals surface area contributed by atoms with Gasteiger partial charge >= 0.3 is 0 Å². The van der Waals surface area contributed by atoms with Crippen LogP contribution in [0, 0.1) is 0 Å². The van der Waals surface area contributed by atoms with Crippen LogP contribution in [0.5, 0.6) is 0 Å². The van der Waals surface area contributed by atoms with Crippen molar-refractivity contribution in [1.82, 2.24) is 5.34 Å². The highest BCUT2D eigenvalue weighted by Gasteiger charge is 2.43. The van der Waals surface area contributed by atoms with E-state index in [1.54, 1.807) is 0 Å². The highest BCUT2D eigenvalue weighted by Crippen LogP contribution is 2.24. The Kier molecular flexibility index (Phi) is 0.765. The molecule has 0 saturated heterocycles. The quantitative estimate of drug-likeness (QED) is 0.427. The highest BCUT2D eigenvalue weighted by molar-refractivity contribution is 4.78. The minimum atomic E-state index is -0.722. The Hall–Kier alpha value is -0.180. The molecule has 1 aliphatic carbocycles. The number of hydrogen-bond donors (Lipinski definition) is 0. The maximum atomic E-state index is 11.1. The molecule has 3 heteroatoms. The Labute approximate surface area is 34.4 Å². The lowest BCUT2D eigenvalue weighted by Crippen LogP contribution is -2.08. The Morgan fingerprint density at radius 3 is 1.83 bits per heavy atom. The van der Waals surface area contributed by atoms with Gasteiger partial charge in [0.1, 0.15) is 8.96 Å². The van der Waals surface area contributed by atoms with Crippen LogP contribution in [-0.2, 0) is 0 Å². The van der Waals surface area contributed by atoms with Gasteiger partial charge in [0.2, 0.25) is 6.04 Å². The van der Waals surface area contributed by atoms with Crippen molar-refractivity contribution in [2.45, 2.75) is 18.9 Å². The van der Waals surface area contributed by atoms with Crippen molar-refractivity contribution in [3.8, 4) is 0 Å². The van der Waals surface area contributed by atoms with E-state index in [0.717, 1.165) is 0 Å². The van der Waals surface area contributed by atoms with Gasteiger partial charge in [-0.2, -0.15) is 0 Å². The van der Waals surface area contributed by atoms with Gasteiger partial charge < -0.3 is 0 Å². The van der Waals surface area contributed by atoms with E-state index in [4.69, 9.17) is 0 Å². The summed E-state index contributed by atoms with van der Waals surface area (Å²) in [5, 5.41) is -0.722. The van der Waals surface area contributed by atoms with Gasteiger partial charge in [-0.1, -0.05) is 0 Å².